The first kappa shape index (κ1) is 11.4. The van der Waals surface area contributed by atoms with Crippen LogP contribution in [0.25, 0.3) is 0 Å². The molecule has 0 aliphatic carbocycles. The Balaban J connectivity index is 2.30. The van der Waals surface area contributed by atoms with Crippen LogP contribution in [0.1, 0.15) is 22.8 Å². The number of nitriles is 1. The molecule has 1 aliphatic heterocycles. The van der Waals surface area contributed by atoms with Crippen LogP contribution in [-0.4, -0.2) is 28.9 Å². The number of aromatic nitrogens is 2. The van der Waals surface area contributed by atoms with Crippen molar-refractivity contribution in [2.45, 2.75) is 12.5 Å². The van der Waals surface area contributed by atoms with Crippen molar-refractivity contribution < 1.29 is 9.53 Å². The van der Waals surface area contributed by atoms with Crippen molar-refractivity contribution in [1.29, 1.82) is 5.26 Å². The normalized spacial score (nSPS) is 24.2. The van der Waals surface area contributed by atoms with E-state index >= 15 is 0 Å². The third-order valence-corrected chi connectivity index (χ3v) is 2.86. The van der Waals surface area contributed by atoms with Crippen molar-refractivity contribution in [3.05, 3.63) is 11.8 Å². The average molecular weight is 235 g/mol. The molecule has 1 aliphatic rings. The lowest BCUT2D eigenvalue weighted by Crippen LogP contribution is -2.29. The molecule has 0 radical (unpaired) electrons. The van der Waals surface area contributed by atoms with Gasteiger partial charge in [-0.1, -0.05) is 0 Å². The molecule has 90 valence electrons. The van der Waals surface area contributed by atoms with E-state index < -0.39 is 5.91 Å². The predicted molar refractivity (Wildman–Crippen MR) is 58.7 cm³/mol. The van der Waals surface area contributed by atoms with E-state index in [-0.39, 0.29) is 23.3 Å². The van der Waals surface area contributed by atoms with E-state index in [4.69, 9.17) is 21.5 Å². The highest BCUT2D eigenvalue weighted by atomic mass is 16.5. The van der Waals surface area contributed by atoms with Gasteiger partial charge in [0, 0.05) is 12.8 Å². The molecule has 2 heterocycles. The molecule has 1 aromatic heterocycles. The van der Waals surface area contributed by atoms with Crippen LogP contribution in [-0.2, 0) is 4.74 Å². The standard InChI is InChI=1S/C10H13N5O2/c11-3-6-1-2-17-5-8(6)15-4-7(10(13)16)9(12)14-15/h4,6,8H,1-2,5H2,(H2,12,14)(H2,13,16)/t6-,8+/m1/s1. The quantitative estimate of drug-likeness (QED) is 0.726. The lowest BCUT2D eigenvalue weighted by atomic mass is 9.97. The number of rotatable bonds is 2. The number of amides is 1. The maximum atomic E-state index is 11.1. The minimum Gasteiger partial charge on any atom is -0.382 e. The summed E-state index contributed by atoms with van der Waals surface area (Å²) in [5.41, 5.74) is 10.9. The highest BCUT2D eigenvalue weighted by Gasteiger charge is 2.29. The van der Waals surface area contributed by atoms with Crippen molar-refractivity contribution in [3.63, 3.8) is 0 Å². The van der Waals surface area contributed by atoms with Crippen LogP contribution in [0.4, 0.5) is 5.82 Å². The third-order valence-electron chi connectivity index (χ3n) is 2.86. The number of hydrogen-bond acceptors (Lipinski definition) is 5. The summed E-state index contributed by atoms with van der Waals surface area (Å²) in [6.07, 6.45) is 2.12. The van der Waals surface area contributed by atoms with Crippen LogP contribution in [0.5, 0.6) is 0 Å². The number of primary amides is 1. The van der Waals surface area contributed by atoms with E-state index in [1.54, 1.807) is 0 Å². The number of hydrogen-bond donors (Lipinski definition) is 2. The summed E-state index contributed by atoms with van der Waals surface area (Å²) in [6.45, 7) is 0.950. The monoisotopic (exact) mass is 235 g/mol. The second-order valence-corrected chi connectivity index (χ2v) is 3.94. The predicted octanol–water partition coefficient (Wildman–Crippen LogP) is -0.335. The number of nitrogens with two attached hydrogens (primary N) is 2. The number of carbonyl (C=O) groups excluding carboxylic acids is 1. The minimum absolute atomic E-state index is 0.0831. The summed E-state index contributed by atoms with van der Waals surface area (Å²) in [7, 11) is 0. The Labute approximate surface area is 97.9 Å². The second kappa shape index (κ2) is 4.43. The number of nitrogens with zero attached hydrogens (tertiary/aromatic N) is 3. The average Bonchev–Trinajstić information content (AvgIpc) is 2.71. The molecule has 1 amide bonds. The Kier molecular flexibility index (Phi) is 2.97. The van der Waals surface area contributed by atoms with E-state index in [0.29, 0.717) is 19.6 Å². The minimum atomic E-state index is -0.626. The van der Waals surface area contributed by atoms with Gasteiger partial charge < -0.3 is 16.2 Å². The topological polar surface area (TPSA) is 120 Å². The molecule has 0 unspecified atom stereocenters. The molecule has 0 saturated carbocycles. The van der Waals surface area contributed by atoms with Crippen LogP contribution in [0.15, 0.2) is 6.20 Å². The fourth-order valence-corrected chi connectivity index (χ4v) is 1.90. The van der Waals surface area contributed by atoms with Crippen LogP contribution in [0, 0.1) is 17.2 Å². The second-order valence-electron chi connectivity index (χ2n) is 3.94. The van der Waals surface area contributed by atoms with Crippen molar-refractivity contribution >= 4 is 11.7 Å². The first-order chi connectivity index (χ1) is 8.13. The zero-order valence-corrected chi connectivity index (χ0v) is 9.17. The summed E-state index contributed by atoms with van der Waals surface area (Å²) >= 11 is 0. The molecule has 7 nitrogen and oxygen atoms in total. The Morgan fingerprint density at radius 1 is 1.71 bits per heavy atom. The van der Waals surface area contributed by atoms with Gasteiger partial charge in [0.05, 0.1) is 24.6 Å². The van der Waals surface area contributed by atoms with E-state index in [1.165, 1.54) is 10.9 Å². The zero-order valence-electron chi connectivity index (χ0n) is 9.17. The van der Waals surface area contributed by atoms with Gasteiger partial charge in [-0.2, -0.15) is 10.4 Å². The molecule has 17 heavy (non-hydrogen) atoms. The number of nitrogen functional groups attached to an aromatic ring is 1. The summed E-state index contributed by atoms with van der Waals surface area (Å²) in [5.74, 6) is -0.734. The fraction of sp³-hybridized carbons (Fsp3) is 0.500. The number of anilines is 1. The lowest BCUT2D eigenvalue weighted by molar-refractivity contribution is 0.0342. The highest BCUT2D eigenvalue weighted by Crippen LogP contribution is 2.26. The molecule has 1 aromatic rings. The van der Waals surface area contributed by atoms with Crippen molar-refractivity contribution in [1.82, 2.24) is 9.78 Å². The van der Waals surface area contributed by atoms with E-state index in [1.807, 2.05) is 0 Å². The largest absolute Gasteiger partial charge is 0.382 e. The summed E-state index contributed by atoms with van der Waals surface area (Å²) in [6, 6.07) is 1.99. The lowest BCUT2D eigenvalue weighted by Gasteiger charge is -2.26. The molecule has 0 bridgehead atoms. The molecule has 0 spiro atoms. The van der Waals surface area contributed by atoms with Gasteiger partial charge in [0.1, 0.15) is 5.56 Å². The Morgan fingerprint density at radius 2 is 2.47 bits per heavy atom. The van der Waals surface area contributed by atoms with Gasteiger partial charge in [0.2, 0.25) is 0 Å². The highest BCUT2D eigenvalue weighted by molar-refractivity contribution is 5.96. The molecule has 7 heteroatoms. The van der Waals surface area contributed by atoms with Crippen LogP contribution in [0.3, 0.4) is 0 Å². The molecule has 2 atom stereocenters. The zero-order chi connectivity index (χ0) is 12.4. The van der Waals surface area contributed by atoms with Gasteiger partial charge in [-0.05, 0) is 6.42 Å². The van der Waals surface area contributed by atoms with Crippen LogP contribution >= 0.6 is 0 Å². The summed E-state index contributed by atoms with van der Waals surface area (Å²) in [5, 5.41) is 13.1. The maximum absolute atomic E-state index is 11.1. The Morgan fingerprint density at radius 3 is 3.06 bits per heavy atom. The van der Waals surface area contributed by atoms with Gasteiger partial charge in [0.25, 0.3) is 5.91 Å². The fourth-order valence-electron chi connectivity index (χ4n) is 1.90. The van der Waals surface area contributed by atoms with Gasteiger partial charge in [-0.15, -0.1) is 0 Å². The molecular weight excluding hydrogens is 222 g/mol. The van der Waals surface area contributed by atoms with E-state index in [0.717, 1.165) is 0 Å². The molecular formula is C10H13N5O2. The summed E-state index contributed by atoms with van der Waals surface area (Å²) < 4.78 is 6.81. The number of ether oxygens (including phenoxy) is 1. The Bertz CT molecular complexity index is 476. The number of carbonyl (C=O) groups is 1. The van der Waals surface area contributed by atoms with E-state index in [9.17, 15) is 4.79 Å². The van der Waals surface area contributed by atoms with Crippen molar-refractivity contribution in [2.24, 2.45) is 11.7 Å². The molecule has 2 rings (SSSR count). The van der Waals surface area contributed by atoms with Crippen LogP contribution < -0.4 is 11.5 Å². The van der Waals surface area contributed by atoms with Crippen molar-refractivity contribution in [3.8, 4) is 6.07 Å². The van der Waals surface area contributed by atoms with E-state index in [2.05, 4.69) is 11.2 Å². The van der Waals surface area contributed by atoms with Gasteiger partial charge in [-0.3, -0.25) is 9.48 Å². The third kappa shape index (κ3) is 2.07. The van der Waals surface area contributed by atoms with Gasteiger partial charge >= 0.3 is 0 Å². The van der Waals surface area contributed by atoms with Gasteiger partial charge in [-0.25, -0.2) is 0 Å². The van der Waals surface area contributed by atoms with Crippen LogP contribution in [0.2, 0.25) is 0 Å². The summed E-state index contributed by atoms with van der Waals surface area (Å²) in [4.78, 5) is 11.1. The Hall–Kier alpha value is -2.07. The SMILES string of the molecule is N#C[C@H]1CCOC[C@@H]1n1cc(C(N)=O)c(N)n1. The smallest absolute Gasteiger partial charge is 0.254 e. The molecule has 1 saturated heterocycles. The van der Waals surface area contributed by atoms with Gasteiger partial charge in [0.15, 0.2) is 5.82 Å². The first-order valence-electron chi connectivity index (χ1n) is 5.25. The molecule has 1 fully saturated rings. The molecule has 0 aromatic carbocycles. The maximum Gasteiger partial charge on any atom is 0.254 e. The molecule has 4 N–H and O–H groups in total. The van der Waals surface area contributed by atoms with Crippen molar-refractivity contribution in [2.75, 3.05) is 18.9 Å². The first-order valence-corrected chi connectivity index (χ1v) is 5.25.